The second kappa shape index (κ2) is 18.7. The molecule has 3 amide bonds. The van der Waals surface area contributed by atoms with Crippen LogP contribution >= 0.6 is 11.8 Å². The van der Waals surface area contributed by atoms with Gasteiger partial charge in [0.15, 0.2) is 0 Å². The molecule has 16 heteroatoms. The van der Waals surface area contributed by atoms with Gasteiger partial charge in [0.25, 0.3) is 21.6 Å². The van der Waals surface area contributed by atoms with Crippen LogP contribution in [0.15, 0.2) is 101 Å². The molecule has 0 spiro atoms. The van der Waals surface area contributed by atoms with Gasteiger partial charge < -0.3 is 24.6 Å². The summed E-state index contributed by atoms with van der Waals surface area (Å²) in [5.41, 5.74) is 1.91. The van der Waals surface area contributed by atoms with Crippen LogP contribution < -0.4 is 14.8 Å². The molecule has 0 bridgehead atoms. The molecule has 1 aliphatic heterocycles. The summed E-state index contributed by atoms with van der Waals surface area (Å²) < 4.78 is 39.6. The number of ether oxygens (including phenoxy) is 2. The molecule has 55 heavy (non-hydrogen) atoms. The molecule has 290 valence electrons. The summed E-state index contributed by atoms with van der Waals surface area (Å²) >= 11 is 1.47. The number of hydrogen-bond donors (Lipinski definition) is 2. The molecule has 0 unspecified atom stereocenters. The highest BCUT2D eigenvalue weighted by atomic mass is 32.2. The van der Waals surface area contributed by atoms with Crippen molar-refractivity contribution in [2.75, 3.05) is 58.6 Å². The van der Waals surface area contributed by atoms with Crippen molar-refractivity contribution < 1.29 is 37.2 Å². The van der Waals surface area contributed by atoms with Crippen LogP contribution in [0.5, 0.6) is 5.75 Å². The van der Waals surface area contributed by atoms with Crippen LogP contribution in [0.2, 0.25) is 0 Å². The van der Waals surface area contributed by atoms with Crippen LogP contribution in [0, 0.1) is 10.1 Å². The Bertz CT molecular complexity index is 2110. The van der Waals surface area contributed by atoms with Crippen LogP contribution in [-0.2, 0) is 30.8 Å². The number of rotatable bonds is 16. The van der Waals surface area contributed by atoms with Crippen molar-refractivity contribution in [3.63, 3.8) is 0 Å². The molecule has 1 atom stereocenters. The molecule has 1 heterocycles. The van der Waals surface area contributed by atoms with E-state index in [4.69, 9.17) is 9.47 Å². The first kappa shape index (κ1) is 40.7. The first-order chi connectivity index (χ1) is 26.3. The number of benzene rings is 4. The van der Waals surface area contributed by atoms with E-state index in [-0.39, 0.29) is 29.5 Å². The topological polar surface area (TPSA) is 177 Å². The first-order valence-corrected chi connectivity index (χ1v) is 19.9. The molecule has 0 saturated carbocycles. The predicted octanol–water partition coefficient (Wildman–Crippen LogP) is 5.23. The molecule has 4 aromatic carbocycles. The molecule has 0 radical (unpaired) electrons. The van der Waals surface area contributed by atoms with Gasteiger partial charge in [-0.15, -0.1) is 11.8 Å². The van der Waals surface area contributed by atoms with E-state index in [2.05, 4.69) is 5.32 Å². The highest BCUT2D eigenvalue weighted by Crippen LogP contribution is 2.33. The van der Waals surface area contributed by atoms with Gasteiger partial charge in [-0.2, -0.15) is 0 Å². The number of methoxy groups -OCH3 is 1. The number of carbonyl (C=O) groups is 3. The highest BCUT2D eigenvalue weighted by Gasteiger charge is 2.26. The lowest BCUT2D eigenvalue weighted by atomic mass is 9.99. The lowest BCUT2D eigenvalue weighted by Crippen LogP contribution is -2.40. The zero-order valence-electron chi connectivity index (χ0n) is 30.7. The average Bonchev–Trinajstić information content (AvgIpc) is 3.19. The van der Waals surface area contributed by atoms with E-state index in [9.17, 15) is 32.9 Å². The van der Waals surface area contributed by atoms with Gasteiger partial charge in [-0.05, 0) is 60.0 Å². The second-order valence-electron chi connectivity index (χ2n) is 12.9. The van der Waals surface area contributed by atoms with Crippen molar-refractivity contribution in [2.45, 2.75) is 35.1 Å². The maximum Gasteiger partial charge on any atom is 0.293 e. The minimum Gasteiger partial charge on any atom is -0.496 e. The Morgan fingerprint density at radius 3 is 2.35 bits per heavy atom. The van der Waals surface area contributed by atoms with E-state index < -0.39 is 37.5 Å². The lowest BCUT2D eigenvalue weighted by molar-refractivity contribution is -0.384. The maximum absolute atomic E-state index is 13.3. The summed E-state index contributed by atoms with van der Waals surface area (Å²) in [5, 5.41) is 15.2. The molecule has 1 aliphatic rings. The summed E-state index contributed by atoms with van der Waals surface area (Å²) in [6, 6.07) is 24.1. The summed E-state index contributed by atoms with van der Waals surface area (Å²) in [4.78, 5) is 53.4. The van der Waals surface area contributed by atoms with Crippen LogP contribution in [0.25, 0.3) is 11.1 Å². The third-order valence-electron chi connectivity index (χ3n) is 8.89. The van der Waals surface area contributed by atoms with E-state index in [0.29, 0.717) is 56.2 Å². The number of morpholine rings is 1. The molecule has 2 N–H and O–H groups in total. The Morgan fingerprint density at radius 2 is 1.69 bits per heavy atom. The molecule has 4 aromatic rings. The number of nitro groups is 1. The van der Waals surface area contributed by atoms with E-state index >= 15 is 0 Å². The number of sulfonamides is 1. The van der Waals surface area contributed by atoms with Gasteiger partial charge in [0.1, 0.15) is 11.4 Å². The molecular weight excluding hydrogens is 747 g/mol. The van der Waals surface area contributed by atoms with Gasteiger partial charge in [-0.25, -0.2) is 13.1 Å². The number of nitrogens with zero attached hydrogens (tertiary/aromatic N) is 3. The number of thioether (sulfide) groups is 1. The Labute approximate surface area is 324 Å². The SMILES string of the molecule is COc1cc(CCC(=O)N2CCOCC2)ccc1-c1ccc(C(=O)NS(=O)(=O)c2ccc(N[C@@H](CSc3ccccc3)CC(=O)N(C)C)c([N+](=O)[O-])c2)cc1. The van der Waals surface area contributed by atoms with Crippen molar-refractivity contribution in [3.8, 4) is 16.9 Å². The van der Waals surface area contributed by atoms with Crippen LogP contribution in [-0.4, -0.2) is 100 Å². The highest BCUT2D eigenvalue weighted by molar-refractivity contribution is 7.99. The van der Waals surface area contributed by atoms with E-state index in [1.54, 1.807) is 31.1 Å². The van der Waals surface area contributed by atoms with Gasteiger partial charge in [0, 0.05) is 73.9 Å². The first-order valence-electron chi connectivity index (χ1n) is 17.5. The number of hydrogen-bond acceptors (Lipinski definition) is 11. The molecule has 14 nitrogen and oxygen atoms in total. The standard InChI is InChI=1S/C39H43N5O9S2/c1-42(2)38(46)24-30(26-54-31-7-5-4-6-8-31)40-34-17-15-32(25-35(34)44(48)49)55(50,51)41-39(47)29-13-11-28(12-14-29)33-16-9-27(23-36(33)52-3)10-18-37(45)43-19-21-53-22-20-43/h4-9,11-17,23,25,30,40H,10,18-22,24,26H2,1-3H3,(H,41,47)/t30-/m1/s1. The normalized spacial score (nSPS) is 13.4. The Morgan fingerprint density at radius 1 is 0.982 bits per heavy atom. The van der Waals surface area contributed by atoms with E-state index in [0.717, 1.165) is 28.2 Å². The van der Waals surface area contributed by atoms with Gasteiger partial charge in [-0.1, -0.05) is 42.5 Å². The molecule has 5 rings (SSSR count). The van der Waals surface area contributed by atoms with E-state index in [1.165, 1.54) is 42.0 Å². The summed E-state index contributed by atoms with van der Waals surface area (Å²) in [6.45, 7) is 2.27. The maximum atomic E-state index is 13.3. The van der Waals surface area contributed by atoms with Gasteiger partial charge >= 0.3 is 0 Å². The van der Waals surface area contributed by atoms with Crippen molar-refractivity contribution in [3.05, 3.63) is 112 Å². The smallest absolute Gasteiger partial charge is 0.293 e. The Hall–Kier alpha value is -5.45. The fourth-order valence-corrected chi connectivity index (χ4v) is 7.76. The van der Waals surface area contributed by atoms with Crippen LogP contribution in [0.3, 0.4) is 0 Å². The fraction of sp³-hybridized carbons (Fsp3) is 0.308. The monoisotopic (exact) mass is 789 g/mol. The Balaban J connectivity index is 1.26. The lowest BCUT2D eigenvalue weighted by Gasteiger charge is -2.26. The van der Waals surface area contributed by atoms with Gasteiger partial charge in [0.05, 0.1) is 30.1 Å². The minimum absolute atomic E-state index is 0.0287. The summed E-state index contributed by atoms with van der Waals surface area (Å²) in [7, 11) is 0.239. The number of aryl methyl sites for hydroxylation is 1. The number of nitrogens with one attached hydrogen (secondary N) is 2. The van der Waals surface area contributed by atoms with Crippen molar-refractivity contribution in [1.82, 2.24) is 14.5 Å². The minimum atomic E-state index is -4.53. The number of amides is 3. The quantitative estimate of drug-likeness (QED) is 0.0863. The van der Waals surface area contributed by atoms with Crippen LogP contribution in [0.1, 0.15) is 28.8 Å². The zero-order valence-corrected chi connectivity index (χ0v) is 32.4. The molecule has 0 aromatic heterocycles. The molecule has 1 saturated heterocycles. The molecule has 0 aliphatic carbocycles. The summed E-state index contributed by atoms with van der Waals surface area (Å²) in [5.74, 6) is -0.0803. The predicted molar refractivity (Wildman–Crippen MR) is 210 cm³/mol. The number of carbonyl (C=O) groups excluding carboxylic acids is 3. The van der Waals surface area contributed by atoms with Gasteiger partial charge in [-0.3, -0.25) is 24.5 Å². The summed E-state index contributed by atoms with van der Waals surface area (Å²) in [6.07, 6.45) is 0.932. The fourth-order valence-electron chi connectivity index (χ4n) is 5.82. The zero-order chi connectivity index (χ0) is 39.5. The average molecular weight is 790 g/mol. The molecular formula is C39H43N5O9S2. The number of anilines is 1. The van der Waals surface area contributed by atoms with Gasteiger partial charge in [0.2, 0.25) is 11.8 Å². The third kappa shape index (κ3) is 11.1. The number of nitro benzene ring substituents is 1. The second-order valence-corrected chi connectivity index (χ2v) is 15.7. The van der Waals surface area contributed by atoms with Crippen LogP contribution in [0.4, 0.5) is 11.4 Å². The van der Waals surface area contributed by atoms with E-state index in [1.807, 2.05) is 53.3 Å². The van der Waals surface area contributed by atoms with Crippen molar-refractivity contribution in [2.24, 2.45) is 0 Å². The van der Waals surface area contributed by atoms with Crippen molar-refractivity contribution in [1.29, 1.82) is 0 Å². The largest absolute Gasteiger partial charge is 0.496 e. The third-order valence-corrected chi connectivity index (χ3v) is 11.4. The molecule has 1 fully saturated rings. The van der Waals surface area contributed by atoms with Crippen molar-refractivity contribution >= 4 is 50.9 Å². The Kier molecular flexibility index (Phi) is 13.9.